The van der Waals surface area contributed by atoms with Gasteiger partial charge in [0.15, 0.2) is 11.6 Å². The van der Waals surface area contributed by atoms with Crippen LogP contribution in [0, 0.1) is 28.9 Å². The molecule has 0 unspecified atom stereocenters. The minimum atomic E-state index is -0.798. The molecule has 2 heterocycles. The molecule has 1 aromatic carbocycles. The molecule has 1 N–H and O–H groups in total. The second-order valence-electron chi connectivity index (χ2n) is 6.65. The number of aromatic nitrogens is 3. The predicted molar refractivity (Wildman–Crippen MR) is 87.0 cm³/mol. The number of carbonyl (C=O) groups is 1. The lowest BCUT2D eigenvalue weighted by molar-refractivity contribution is -0.123. The largest absolute Gasteiger partial charge is 0.362 e. The van der Waals surface area contributed by atoms with Crippen molar-refractivity contribution in [3.8, 4) is 6.07 Å². The normalized spacial score (nSPS) is 22.3. The summed E-state index contributed by atoms with van der Waals surface area (Å²) in [5, 5.41) is 19.6. The number of carbonyl (C=O) groups excluding carboxylic acids is 1. The van der Waals surface area contributed by atoms with Crippen molar-refractivity contribution in [2.75, 3.05) is 18.0 Å². The van der Waals surface area contributed by atoms with Gasteiger partial charge in [0, 0.05) is 25.2 Å². The topological polar surface area (TPSA) is 86.8 Å². The van der Waals surface area contributed by atoms with Crippen LogP contribution in [0.5, 0.6) is 0 Å². The molecule has 1 amide bonds. The number of benzene rings is 1. The highest BCUT2D eigenvalue weighted by atomic mass is 19.1. The van der Waals surface area contributed by atoms with Gasteiger partial charge in [0.25, 0.3) is 0 Å². The second kappa shape index (κ2) is 6.37. The van der Waals surface area contributed by atoms with Gasteiger partial charge in [-0.25, -0.2) is 13.5 Å². The second-order valence-corrected chi connectivity index (χ2v) is 6.65. The minimum Gasteiger partial charge on any atom is -0.362 e. The monoisotopic (exact) mass is 358 g/mol. The van der Waals surface area contributed by atoms with Gasteiger partial charge in [0.1, 0.15) is 5.69 Å². The van der Waals surface area contributed by atoms with E-state index in [-0.39, 0.29) is 48.2 Å². The quantitative estimate of drug-likeness (QED) is 0.892. The molecule has 2 fully saturated rings. The van der Waals surface area contributed by atoms with Gasteiger partial charge in [-0.15, -0.1) is 5.10 Å². The number of amides is 1. The molecule has 1 saturated heterocycles. The first kappa shape index (κ1) is 16.4. The van der Waals surface area contributed by atoms with Crippen LogP contribution in [0.3, 0.4) is 0 Å². The number of hydrogen-bond acceptors (Lipinski definition) is 5. The molecular weight excluding hydrogens is 342 g/mol. The first-order valence-electron chi connectivity index (χ1n) is 8.37. The summed E-state index contributed by atoms with van der Waals surface area (Å²) in [5.74, 6) is -1.60. The van der Waals surface area contributed by atoms with E-state index in [2.05, 4.69) is 15.6 Å². The van der Waals surface area contributed by atoms with Gasteiger partial charge in [0.05, 0.1) is 29.9 Å². The summed E-state index contributed by atoms with van der Waals surface area (Å²) >= 11 is 0. The molecule has 1 aliphatic heterocycles. The highest BCUT2D eigenvalue weighted by Crippen LogP contribution is 2.33. The Morgan fingerprint density at radius 1 is 1.27 bits per heavy atom. The van der Waals surface area contributed by atoms with Crippen LogP contribution in [0.25, 0.3) is 0 Å². The third-order valence-electron chi connectivity index (χ3n) is 4.81. The van der Waals surface area contributed by atoms with Crippen molar-refractivity contribution in [1.82, 2.24) is 20.3 Å². The zero-order valence-electron chi connectivity index (χ0n) is 13.8. The molecule has 9 heteroatoms. The first-order valence-corrected chi connectivity index (χ1v) is 8.37. The number of nitrogens with one attached hydrogen (secondary N) is 1. The Hall–Kier alpha value is -3.02. The van der Waals surface area contributed by atoms with E-state index in [9.17, 15) is 13.6 Å². The van der Waals surface area contributed by atoms with Crippen molar-refractivity contribution in [3.05, 3.63) is 41.7 Å². The lowest BCUT2D eigenvalue weighted by Gasteiger charge is -2.20. The fourth-order valence-electron chi connectivity index (χ4n) is 3.35. The summed E-state index contributed by atoms with van der Waals surface area (Å²) in [4.78, 5) is 13.7. The minimum absolute atomic E-state index is 0.0313. The molecule has 0 radical (unpaired) electrons. The van der Waals surface area contributed by atoms with Crippen LogP contribution in [-0.4, -0.2) is 40.0 Å². The lowest BCUT2D eigenvalue weighted by atomic mass is 10.1. The van der Waals surface area contributed by atoms with Crippen molar-refractivity contribution in [2.45, 2.75) is 24.9 Å². The third kappa shape index (κ3) is 2.98. The van der Waals surface area contributed by atoms with Crippen LogP contribution in [0.2, 0.25) is 0 Å². The molecule has 0 bridgehead atoms. The molecule has 2 aliphatic rings. The van der Waals surface area contributed by atoms with Crippen molar-refractivity contribution in [1.29, 1.82) is 5.26 Å². The standard InChI is InChI=1S/C17H16F2N6O/c18-12-5-10(7-20)6-13(19)16(12)24-8-14(22-17(26)11-1-2-11)15(9-24)25-4-3-21-23-25/h3-6,11,14-15H,1-2,8-9H2,(H,22,26)/t14-,15+/m1/s1. The SMILES string of the molecule is N#Cc1cc(F)c(N2C[C@@H](NC(=O)C3CC3)[C@@H](n3ccnn3)C2)c(F)c1. The van der Waals surface area contributed by atoms with Crippen molar-refractivity contribution in [3.63, 3.8) is 0 Å². The fourth-order valence-corrected chi connectivity index (χ4v) is 3.35. The highest BCUT2D eigenvalue weighted by molar-refractivity contribution is 5.81. The van der Waals surface area contributed by atoms with E-state index in [0.717, 1.165) is 25.0 Å². The van der Waals surface area contributed by atoms with E-state index in [1.54, 1.807) is 16.9 Å². The van der Waals surface area contributed by atoms with Crippen LogP contribution in [-0.2, 0) is 4.79 Å². The lowest BCUT2D eigenvalue weighted by Crippen LogP contribution is -2.42. The van der Waals surface area contributed by atoms with Crippen LogP contribution in [0.15, 0.2) is 24.5 Å². The maximum absolute atomic E-state index is 14.4. The van der Waals surface area contributed by atoms with E-state index in [4.69, 9.17) is 5.26 Å². The summed E-state index contributed by atoms with van der Waals surface area (Å²) < 4.78 is 30.4. The molecule has 7 nitrogen and oxygen atoms in total. The third-order valence-corrected chi connectivity index (χ3v) is 4.81. The number of hydrogen-bond donors (Lipinski definition) is 1. The Bertz CT molecular complexity index is 851. The summed E-state index contributed by atoms with van der Waals surface area (Å²) in [6, 6.07) is 3.12. The Labute approximate surface area is 148 Å². The van der Waals surface area contributed by atoms with Crippen LogP contribution < -0.4 is 10.2 Å². The Morgan fingerprint density at radius 3 is 2.58 bits per heavy atom. The van der Waals surface area contributed by atoms with Gasteiger partial charge in [-0.1, -0.05) is 5.21 Å². The van der Waals surface area contributed by atoms with Crippen LogP contribution in [0.4, 0.5) is 14.5 Å². The number of rotatable bonds is 4. The highest BCUT2D eigenvalue weighted by Gasteiger charge is 2.40. The average molecular weight is 358 g/mol. The molecule has 4 rings (SSSR count). The molecule has 134 valence electrons. The number of anilines is 1. The van der Waals surface area contributed by atoms with Gasteiger partial charge >= 0.3 is 0 Å². The van der Waals surface area contributed by atoms with Crippen molar-refractivity contribution in [2.24, 2.45) is 5.92 Å². The zero-order valence-corrected chi connectivity index (χ0v) is 13.8. The Balaban J connectivity index is 1.62. The summed E-state index contributed by atoms with van der Waals surface area (Å²) in [6.07, 6.45) is 4.92. The molecule has 1 aliphatic carbocycles. The van der Waals surface area contributed by atoms with E-state index in [0.29, 0.717) is 0 Å². The van der Waals surface area contributed by atoms with Crippen molar-refractivity contribution < 1.29 is 13.6 Å². The zero-order chi connectivity index (χ0) is 18.3. The molecule has 1 saturated carbocycles. The average Bonchev–Trinajstić information content (AvgIpc) is 3.18. The maximum Gasteiger partial charge on any atom is 0.223 e. The number of nitriles is 1. The Morgan fingerprint density at radius 2 is 2.00 bits per heavy atom. The predicted octanol–water partition coefficient (Wildman–Crippen LogP) is 1.38. The summed E-state index contributed by atoms with van der Waals surface area (Å²) in [6.45, 7) is 0.501. The van der Waals surface area contributed by atoms with Crippen LogP contribution in [0.1, 0.15) is 24.4 Å². The first-order chi connectivity index (χ1) is 12.6. The summed E-state index contributed by atoms with van der Waals surface area (Å²) in [7, 11) is 0. The van der Waals surface area contributed by atoms with Crippen LogP contribution >= 0.6 is 0 Å². The van der Waals surface area contributed by atoms with Gasteiger partial charge < -0.3 is 10.2 Å². The van der Waals surface area contributed by atoms with E-state index in [1.807, 2.05) is 0 Å². The van der Waals surface area contributed by atoms with Gasteiger partial charge in [-0.3, -0.25) is 4.79 Å². The fraction of sp³-hybridized carbons (Fsp3) is 0.412. The number of halogens is 2. The Kier molecular flexibility index (Phi) is 4.03. The molecule has 0 spiro atoms. The van der Waals surface area contributed by atoms with E-state index in [1.165, 1.54) is 11.1 Å². The van der Waals surface area contributed by atoms with E-state index >= 15 is 0 Å². The van der Waals surface area contributed by atoms with Gasteiger partial charge in [0.2, 0.25) is 5.91 Å². The molecule has 2 aromatic rings. The summed E-state index contributed by atoms with van der Waals surface area (Å²) in [5.41, 5.74) is -0.272. The molecular formula is C17H16F2N6O. The molecule has 1 aromatic heterocycles. The molecule has 26 heavy (non-hydrogen) atoms. The van der Waals surface area contributed by atoms with Gasteiger partial charge in [-0.05, 0) is 25.0 Å². The smallest absolute Gasteiger partial charge is 0.223 e. The van der Waals surface area contributed by atoms with Gasteiger partial charge in [-0.2, -0.15) is 5.26 Å². The maximum atomic E-state index is 14.4. The van der Waals surface area contributed by atoms with E-state index < -0.39 is 11.6 Å². The number of nitrogens with zero attached hydrogens (tertiary/aromatic N) is 5. The van der Waals surface area contributed by atoms with Crippen molar-refractivity contribution >= 4 is 11.6 Å². The molecule has 2 atom stereocenters.